The number of carbonyl (C=O) groups excluding carboxylic acids is 1. The third-order valence-corrected chi connectivity index (χ3v) is 3.97. The molecule has 0 atom stereocenters. The van der Waals surface area contributed by atoms with Gasteiger partial charge in [0.05, 0.1) is 0 Å². The van der Waals surface area contributed by atoms with Crippen LogP contribution in [0.3, 0.4) is 0 Å². The van der Waals surface area contributed by atoms with Crippen LogP contribution in [0.5, 0.6) is 0 Å². The van der Waals surface area contributed by atoms with E-state index in [4.69, 9.17) is 0 Å². The number of hydrogen-bond acceptors (Lipinski definition) is 2. The largest absolute Gasteiger partial charge is 0.277 e. The topological polar surface area (TPSA) is 23.6 Å². The van der Waals surface area contributed by atoms with Crippen LogP contribution in [-0.2, 0) is 4.79 Å². The van der Waals surface area contributed by atoms with E-state index >= 15 is 0 Å². The van der Waals surface area contributed by atoms with Gasteiger partial charge in [0.1, 0.15) is 0 Å². The first-order chi connectivity index (χ1) is 7.92. The number of hydrogen-bond donors (Lipinski definition) is 0. The second kappa shape index (κ2) is 6.24. The van der Waals surface area contributed by atoms with Gasteiger partial charge in [-0.3, -0.25) is 9.80 Å². The van der Waals surface area contributed by atoms with E-state index in [9.17, 15) is 4.79 Å². The molecule has 0 N–H and O–H groups in total. The number of rotatable bonds is 3. The Balaban J connectivity index is 1.93. The van der Waals surface area contributed by atoms with Crippen LogP contribution >= 0.6 is 0 Å². The molecule has 1 heterocycles. The minimum absolute atomic E-state index is 0.490. The zero-order valence-electron chi connectivity index (χ0n) is 10.2. The predicted octanol–water partition coefficient (Wildman–Crippen LogP) is 2.57. The first-order valence-corrected chi connectivity index (χ1v) is 6.90. The monoisotopic (exact) mass is 224 g/mol. The molecule has 1 aliphatic heterocycles. The lowest BCUT2D eigenvalue weighted by atomic mass is 9.95. The number of amides is 1. The molecule has 1 amide bonds. The first-order valence-electron chi connectivity index (χ1n) is 6.90. The number of hydrazine groups is 1. The maximum Gasteiger partial charge on any atom is 0.224 e. The van der Waals surface area contributed by atoms with Gasteiger partial charge >= 0.3 is 0 Å². The van der Waals surface area contributed by atoms with Crippen molar-refractivity contribution in [1.82, 2.24) is 10.0 Å². The van der Waals surface area contributed by atoms with Gasteiger partial charge in [-0.15, -0.1) is 0 Å². The fraction of sp³-hybridized carbons (Fsp3) is 0.923. The molecule has 3 heteroatoms. The van der Waals surface area contributed by atoms with Crippen LogP contribution in [0.2, 0.25) is 0 Å². The van der Waals surface area contributed by atoms with Gasteiger partial charge in [0.25, 0.3) is 0 Å². The van der Waals surface area contributed by atoms with Crippen molar-refractivity contribution in [2.75, 3.05) is 13.1 Å². The Morgan fingerprint density at radius 2 is 1.44 bits per heavy atom. The molecule has 2 aliphatic rings. The van der Waals surface area contributed by atoms with Crippen LogP contribution < -0.4 is 0 Å². The van der Waals surface area contributed by atoms with E-state index in [-0.39, 0.29) is 0 Å². The SMILES string of the molecule is O=CN(C1CCCCC1)N1CCCCCC1. The quantitative estimate of drug-likeness (QED) is 0.688. The second-order valence-corrected chi connectivity index (χ2v) is 5.15. The van der Waals surface area contributed by atoms with E-state index in [1.165, 1.54) is 57.8 Å². The fourth-order valence-electron chi connectivity index (χ4n) is 3.01. The molecule has 0 aromatic carbocycles. The fourth-order valence-corrected chi connectivity index (χ4v) is 3.01. The Morgan fingerprint density at radius 3 is 2.00 bits per heavy atom. The normalized spacial score (nSPS) is 25.0. The summed E-state index contributed by atoms with van der Waals surface area (Å²) in [5, 5.41) is 4.32. The van der Waals surface area contributed by atoms with Gasteiger partial charge in [-0.05, 0) is 25.7 Å². The molecule has 1 aliphatic carbocycles. The van der Waals surface area contributed by atoms with E-state index in [0.717, 1.165) is 19.5 Å². The maximum atomic E-state index is 11.3. The maximum absolute atomic E-state index is 11.3. The van der Waals surface area contributed by atoms with Gasteiger partial charge < -0.3 is 0 Å². The predicted molar refractivity (Wildman–Crippen MR) is 64.8 cm³/mol. The minimum atomic E-state index is 0.490. The molecule has 0 unspecified atom stereocenters. The molecule has 1 saturated carbocycles. The lowest BCUT2D eigenvalue weighted by molar-refractivity contribution is -0.142. The first kappa shape index (κ1) is 11.9. The summed E-state index contributed by atoms with van der Waals surface area (Å²) < 4.78 is 0. The van der Waals surface area contributed by atoms with Crippen LogP contribution in [0.4, 0.5) is 0 Å². The smallest absolute Gasteiger partial charge is 0.224 e. The average Bonchev–Trinajstić information content (AvgIpc) is 2.61. The summed E-state index contributed by atoms with van der Waals surface area (Å²) >= 11 is 0. The Hall–Kier alpha value is -0.570. The summed E-state index contributed by atoms with van der Waals surface area (Å²) in [5.74, 6) is 0. The van der Waals surface area contributed by atoms with E-state index in [2.05, 4.69) is 5.01 Å². The van der Waals surface area contributed by atoms with Crippen molar-refractivity contribution in [3.63, 3.8) is 0 Å². The average molecular weight is 224 g/mol. The highest BCUT2D eigenvalue weighted by atomic mass is 16.1. The van der Waals surface area contributed by atoms with Crippen molar-refractivity contribution in [3.05, 3.63) is 0 Å². The van der Waals surface area contributed by atoms with E-state index < -0.39 is 0 Å². The van der Waals surface area contributed by atoms with E-state index in [1.54, 1.807) is 0 Å². The van der Waals surface area contributed by atoms with E-state index in [1.807, 2.05) is 5.01 Å². The molecular weight excluding hydrogens is 200 g/mol. The van der Waals surface area contributed by atoms with Crippen LogP contribution in [-0.4, -0.2) is 35.6 Å². The van der Waals surface area contributed by atoms with Crippen LogP contribution in [0, 0.1) is 0 Å². The van der Waals surface area contributed by atoms with Crippen molar-refractivity contribution in [1.29, 1.82) is 0 Å². The van der Waals surface area contributed by atoms with Gasteiger partial charge in [0.2, 0.25) is 6.41 Å². The summed E-state index contributed by atoms with van der Waals surface area (Å²) in [6.07, 6.45) is 12.6. The van der Waals surface area contributed by atoms with Gasteiger partial charge in [-0.1, -0.05) is 32.1 Å². The Bertz CT molecular complexity index is 206. The molecule has 3 nitrogen and oxygen atoms in total. The van der Waals surface area contributed by atoms with Crippen molar-refractivity contribution in [3.8, 4) is 0 Å². The molecular formula is C13H24N2O. The number of carbonyl (C=O) groups is 1. The molecule has 16 heavy (non-hydrogen) atoms. The van der Waals surface area contributed by atoms with Crippen molar-refractivity contribution < 1.29 is 4.79 Å². The summed E-state index contributed by atoms with van der Waals surface area (Å²) in [4.78, 5) is 11.3. The minimum Gasteiger partial charge on any atom is -0.277 e. The van der Waals surface area contributed by atoms with Crippen molar-refractivity contribution in [2.24, 2.45) is 0 Å². The summed E-state index contributed by atoms with van der Waals surface area (Å²) in [7, 11) is 0. The van der Waals surface area contributed by atoms with Gasteiger partial charge in [-0.25, -0.2) is 5.01 Å². The molecule has 0 aromatic heterocycles. The van der Waals surface area contributed by atoms with Gasteiger partial charge in [0.15, 0.2) is 0 Å². The number of nitrogens with zero attached hydrogens (tertiary/aromatic N) is 2. The van der Waals surface area contributed by atoms with Gasteiger partial charge in [-0.2, -0.15) is 0 Å². The van der Waals surface area contributed by atoms with Crippen LogP contribution in [0.1, 0.15) is 57.8 Å². The standard InChI is InChI=1S/C13H24N2O/c16-12-15(13-8-4-3-5-9-13)14-10-6-1-2-7-11-14/h12-13H,1-11H2. The second-order valence-electron chi connectivity index (χ2n) is 5.15. The zero-order valence-corrected chi connectivity index (χ0v) is 10.2. The molecule has 0 aromatic rings. The van der Waals surface area contributed by atoms with Gasteiger partial charge in [0, 0.05) is 19.1 Å². The Morgan fingerprint density at radius 1 is 0.875 bits per heavy atom. The molecule has 92 valence electrons. The third kappa shape index (κ3) is 2.97. The Kier molecular flexibility index (Phi) is 4.64. The molecule has 2 rings (SSSR count). The molecule has 1 saturated heterocycles. The highest BCUT2D eigenvalue weighted by Gasteiger charge is 2.25. The molecule has 0 bridgehead atoms. The molecule has 2 fully saturated rings. The molecule has 0 spiro atoms. The lowest BCUT2D eigenvalue weighted by Crippen LogP contribution is -2.49. The Labute approximate surface area is 98.8 Å². The van der Waals surface area contributed by atoms with Crippen molar-refractivity contribution in [2.45, 2.75) is 63.8 Å². The summed E-state index contributed by atoms with van der Waals surface area (Å²) in [6.45, 7) is 2.16. The lowest BCUT2D eigenvalue weighted by Gasteiger charge is -2.39. The summed E-state index contributed by atoms with van der Waals surface area (Å²) in [5.41, 5.74) is 0. The van der Waals surface area contributed by atoms with Crippen LogP contribution in [0.15, 0.2) is 0 Å². The highest BCUT2D eigenvalue weighted by molar-refractivity contribution is 5.46. The van der Waals surface area contributed by atoms with Crippen molar-refractivity contribution >= 4 is 6.41 Å². The zero-order chi connectivity index (χ0) is 11.2. The summed E-state index contributed by atoms with van der Waals surface area (Å²) in [6, 6.07) is 0.490. The third-order valence-electron chi connectivity index (χ3n) is 3.97. The van der Waals surface area contributed by atoms with E-state index in [0.29, 0.717) is 6.04 Å². The van der Waals surface area contributed by atoms with Crippen LogP contribution in [0.25, 0.3) is 0 Å². The highest BCUT2D eigenvalue weighted by Crippen LogP contribution is 2.24. The molecule has 0 radical (unpaired) electrons.